The molecule has 0 bridgehead atoms. The monoisotopic (exact) mass is 425 g/mol. The molecular formula is C24H35N5O2. The largest absolute Gasteiger partial charge is 0.443 e. The van der Waals surface area contributed by atoms with Crippen molar-refractivity contribution in [1.29, 1.82) is 0 Å². The number of hydrogen-bond donors (Lipinski definition) is 2. The van der Waals surface area contributed by atoms with Crippen LogP contribution < -0.4 is 15.5 Å². The van der Waals surface area contributed by atoms with Gasteiger partial charge in [-0.2, -0.15) is 0 Å². The minimum Gasteiger partial charge on any atom is -0.443 e. The van der Waals surface area contributed by atoms with Crippen molar-refractivity contribution in [3.63, 3.8) is 0 Å². The first-order valence-corrected chi connectivity index (χ1v) is 10.8. The highest BCUT2D eigenvalue weighted by molar-refractivity contribution is 5.89. The Hall–Kier alpha value is -2.64. The minimum atomic E-state index is -0.546. The topological polar surface area (TPSA) is 69.7 Å². The normalized spacial score (nSPS) is 13.6. The molecule has 2 N–H and O–H groups in total. The first-order chi connectivity index (χ1) is 14.6. The smallest absolute Gasteiger partial charge is 0.414 e. The van der Waals surface area contributed by atoms with Crippen molar-refractivity contribution >= 4 is 23.3 Å². The van der Waals surface area contributed by atoms with Crippen LogP contribution in [0, 0.1) is 6.92 Å². The number of carbonyl (C=O) groups excluding carboxylic acids is 1. The zero-order valence-electron chi connectivity index (χ0n) is 19.6. The van der Waals surface area contributed by atoms with Crippen molar-refractivity contribution in [2.45, 2.75) is 46.3 Å². The van der Waals surface area contributed by atoms with E-state index in [1.165, 1.54) is 11.1 Å². The lowest BCUT2D eigenvalue weighted by Crippen LogP contribution is -2.40. The Bertz CT molecular complexity index is 921. The summed E-state index contributed by atoms with van der Waals surface area (Å²) in [4.78, 5) is 21.2. The molecule has 0 saturated heterocycles. The molecule has 1 amide bonds. The van der Waals surface area contributed by atoms with Crippen molar-refractivity contribution < 1.29 is 9.53 Å². The van der Waals surface area contributed by atoms with Crippen LogP contribution in [-0.2, 0) is 17.7 Å². The Balaban J connectivity index is 1.80. The van der Waals surface area contributed by atoms with Crippen molar-refractivity contribution in [2.75, 3.05) is 43.9 Å². The Morgan fingerprint density at radius 1 is 1.19 bits per heavy atom. The first-order valence-electron chi connectivity index (χ1n) is 10.8. The molecule has 1 aromatic heterocycles. The first kappa shape index (κ1) is 23.0. The molecule has 31 heavy (non-hydrogen) atoms. The Morgan fingerprint density at radius 2 is 1.97 bits per heavy atom. The summed E-state index contributed by atoms with van der Waals surface area (Å²) >= 11 is 0. The number of nitrogens with zero attached hydrogens (tertiary/aromatic N) is 3. The maximum Gasteiger partial charge on any atom is 0.414 e. The SMILES string of the molecule is Cc1cc(Nc2cc3c(cn2)CCNC3)ccc1N(CCN(C)C)C(=O)OC(C)(C)C. The summed E-state index contributed by atoms with van der Waals surface area (Å²) in [6, 6.07) is 8.10. The molecule has 0 saturated carbocycles. The highest BCUT2D eigenvalue weighted by Crippen LogP contribution is 2.27. The molecule has 0 fully saturated rings. The zero-order valence-corrected chi connectivity index (χ0v) is 19.6. The summed E-state index contributed by atoms with van der Waals surface area (Å²) in [5.41, 5.74) is 4.84. The van der Waals surface area contributed by atoms with Crippen LogP contribution in [0.2, 0.25) is 0 Å². The summed E-state index contributed by atoms with van der Waals surface area (Å²) in [5, 5.41) is 6.80. The van der Waals surface area contributed by atoms with Gasteiger partial charge in [-0.3, -0.25) is 4.90 Å². The van der Waals surface area contributed by atoms with Gasteiger partial charge in [0.05, 0.1) is 5.69 Å². The van der Waals surface area contributed by atoms with Gasteiger partial charge in [0.2, 0.25) is 0 Å². The molecule has 3 rings (SSSR count). The quantitative estimate of drug-likeness (QED) is 0.727. The summed E-state index contributed by atoms with van der Waals surface area (Å²) in [7, 11) is 3.99. The summed E-state index contributed by atoms with van der Waals surface area (Å²) < 4.78 is 5.66. The minimum absolute atomic E-state index is 0.331. The number of aromatic nitrogens is 1. The van der Waals surface area contributed by atoms with E-state index < -0.39 is 5.60 Å². The number of ether oxygens (including phenoxy) is 1. The van der Waals surface area contributed by atoms with Crippen LogP contribution in [-0.4, -0.2) is 55.3 Å². The fraction of sp³-hybridized carbons (Fsp3) is 0.500. The van der Waals surface area contributed by atoms with Crippen molar-refractivity contribution in [1.82, 2.24) is 15.2 Å². The van der Waals surface area contributed by atoms with Crippen LogP contribution in [0.1, 0.15) is 37.5 Å². The molecule has 0 radical (unpaired) electrons. The molecule has 2 aromatic rings. The number of benzene rings is 1. The molecule has 1 aromatic carbocycles. The predicted molar refractivity (Wildman–Crippen MR) is 126 cm³/mol. The molecular weight excluding hydrogens is 390 g/mol. The number of likely N-dealkylation sites (N-methyl/N-ethyl adjacent to an activating group) is 1. The Labute approximate surface area is 185 Å². The lowest BCUT2D eigenvalue weighted by Gasteiger charge is -2.29. The maximum absolute atomic E-state index is 12.9. The third-order valence-corrected chi connectivity index (χ3v) is 5.11. The second-order valence-electron chi connectivity index (χ2n) is 9.33. The lowest BCUT2D eigenvalue weighted by atomic mass is 10.0. The van der Waals surface area contributed by atoms with Gasteiger partial charge in [0.25, 0.3) is 0 Å². The van der Waals surface area contributed by atoms with Gasteiger partial charge in [-0.15, -0.1) is 0 Å². The van der Waals surface area contributed by atoms with E-state index >= 15 is 0 Å². The van der Waals surface area contributed by atoms with Gasteiger partial charge in [-0.25, -0.2) is 9.78 Å². The number of anilines is 3. The predicted octanol–water partition coefficient (Wildman–Crippen LogP) is 4.08. The second-order valence-corrected chi connectivity index (χ2v) is 9.33. The molecule has 0 atom stereocenters. The number of hydrogen-bond acceptors (Lipinski definition) is 6. The number of amides is 1. The van der Waals surface area contributed by atoms with E-state index in [-0.39, 0.29) is 6.09 Å². The van der Waals surface area contributed by atoms with E-state index in [1.807, 2.05) is 66.2 Å². The van der Waals surface area contributed by atoms with Crippen molar-refractivity contribution in [2.24, 2.45) is 0 Å². The van der Waals surface area contributed by atoms with Gasteiger partial charge in [0.1, 0.15) is 11.4 Å². The van der Waals surface area contributed by atoms with E-state index in [4.69, 9.17) is 4.74 Å². The molecule has 1 aliphatic rings. The average Bonchev–Trinajstić information content (AvgIpc) is 2.68. The van der Waals surface area contributed by atoms with E-state index in [1.54, 1.807) is 4.90 Å². The average molecular weight is 426 g/mol. The third kappa shape index (κ3) is 6.42. The molecule has 0 spiro atoms. The van der Waals surface area contributed by atoms with E-state index in [9.17, 15) is 4.79 Å². The number of pyridine rings is 1. The zero-order chi connectivity index (χ0) is 22.6. The van der Waals surface area contributed by atoms with Crippen LogP contribution in [0.4, 0.5) is 22.0 Å². The number of carbonyl (C=O) groups is 1. The number of aryl methyl sites for hydroxylation is 1. The van der Waals surface area contributed by atoms with Crippen LogP contribution in [0.3, 0.4) is 0 Å². The van der Waals surface area contributed by atoms with Crippen molar-refractivity contribution in [3.05, 3.63) is 47.2 Å². The Morgan fingerprint density at radius 3 is 2.65 bits per heavy atom. The van der Waals surface area contributed by atoms with Crippen LogP contribution in [0.5, 0.6) is 0 Å². The number of nitrogens with one attached hydrogen (secondary N) is 2. The van der Waals surface area contributed by atoms with Gasteiger partial charge in [0.15, 0.2) is 0 Å². The molecule has 2 heterocycles. The summed E-state index contributed by atoms with van der Waals surface area (Å²) in [6.45, 7) is 10.8. The fourth-order valence-electron chi connectivity index (χ4n) is 3.54. The number of rotatable bonds is 6. The number of fused-ring (bicyclic) bond motifs is 1. The van der Waals surface area contributed by atoms with Crippen molar-refractivity contribution in [3.8, 4) is 0 Å². The van der Waals surface area contributed by atoms with Gasteiger partial charge < -0.3 is 20.3 Å². The van der Waals surface area contributed by atoms with E-state index in [0.29, 0.717) is 6.54 Å². The molecule has 7 heteroatoms. The summed E-state index contributed by atoms with van der Waals surface area (Å²) in [5.74, 6) is 0.825. The van der Waals surface area contributed by atoms with Gasteiger partial charge in [-0.05, 0) is 95.7 Å². The highest BCUT2D eigenvalue weighted by Gasteiger charge is 2.24. The maximum atomic E-state index is 12.9. The van der Waals surface area contributed by atoms with Gasteiger partial charge in [0, 0.05) is 31.5 Å². The van der Waals surface area contributed by atoms with Gasteiger partial charge >= 0.3 is 6.09 Å². The van der Waals surface area contributed by atoms with Crippen LogP contribution in [0.15, 0.2) is 30.5 Å². The molecule has 0 aliphatic carbocycles. The van der Waals surface area contributed by atoms with E-state index in [0.717, 1.165) is 48.8 Å². The molecule has 7 nitrogen and oxygen atoms in total. The highest BCUT2D eigenvalue weighted by atomic mass is 16.6. The molecule has 168 valence electrons. The van der Waals surface area contributed by atoms with Crippen LogP contribution >= 0.6 is 0 Å². The lowest BCUT2D eigenvalue weighted by molar-refractivity contribution is 0.0578. The summed E-state index contributed by atoms with van der Waals surface area (Å²) in [6.07, 6.45) is 2.65. The van der Waals surface area contributed by atoms with Gasteiger partial charge in [-0.1, -0.05) is 0 Å². The standard InChI is InChI=1S/C24H35N5O2/c1-17-13-20(27-22-14-19-15-25-10-9-18(19)16-26-22)7-8-21(17)29(12-11-28(5)6)23(30)31-24(2,3)4/h7-8,13-14,16,25H,9-12,15H2,1-6H3,(H,26,27). The third-order valence-electron chi connectivity index (χ3n) is 5.11. The van der Waals surface area contributed by atoms with E-state index in [2.05, 4.69) is 26.6 Å². The van der Waals surface area contributed by atoms with Crippen LogP contribution in [0.25, 0.3) is 0 Å². The fourth-order valence-corrected chi connectivity index (χ4v) is 3.54. The molecule has 1 aliphatic heterocycles. The Kier molecular flexibility index (Phi) is 7.18. The second kappa shape index (κ2) is 9.66. The molecule has 0 unspecified atom stereocenters.